The van der Waals surface area contributed by atoms with E-state index in [1.54, 1.807) is 0 Å². The third kappa shape index (κ3) is 2.66. The highest BCUT2D eigenvalue weighted by Gasteiger charge is 2.34. The van der Waals surface area contributed by atoms with Gasteiger partial charge in [0.05, 0.1) is 0 Å². The zero-order chi connectivity index (χ0) is 14.9. The molecule has 1 aromatic rings. The molecule has 1 aliphatic heterocycles. The van der Waals surface area contributed by atoms with Gasteiger partial charge in [-0.05, 0) is 25.0 Å². The fourth-order valence-corrected chi connectivity index (χ4v) is 3.82. The Bertz CT molecular complexity index is 605. The molecule has 0 bridgehead atoms. The van der Waals surface area contributed by atoms with Crippen LogP contribution < -0.4 is 5.73 Å². The van der Waals surface area contributed by atoms with Gasteiger partial charge < -0.3 is 5.73 Å². The average Bonchev–Trinajstić information content (AvgIpc) is 2.38. The van der Waals surface area contributed by atoms with Gasteiger partial charge >= 0.3 is 0 Å². The summed E-state index contributed by atoms with van der Waals surface area (Å²) in [4.78, 5) is 10.1. The number of primary amides is 1. The lowest BCUT2D eigenvalue weighted by Crippen LogP contribution is -2.42. The molecule has 2 rings (SSSR count). The number of benzene rings is 1. The Morgan fingerprint density at radius 2 is 1.70 bits per heavy atom. The number of halogens is 2. The Kier molecular flexibility index (Phi) is 4.05. The normalized spacial score (nSPS) is 18.1. The summed E-state index contributed by atoms with van der Waals surface area (Å²) in [5.74, 6) is -3.13. The molecule has 5 nitrogen and oxygen atoms in total. The topological polar surface area (TPSA) is 80.5 Å². The quantitative estimate of drug-likeness (QED) is 0.899. The van der Waals surface area contributed by atoms with Crippen LogP contribution in [-0.4, -0.2) is 31.7 Å². The lowest BCUT2D eigenvalue weighted by atomic mass is 9.98. The van der Waals surface area contributed by atoms with Gasteiger partial charge in [-0.1, -0.05) is 6.07 Å². The molecule has 0 aromatic heterocycles. The molecule has 1 aromatic carbocycles. The number of sulfonamides is 1. The number of piperidine rings is 1. The van der Waals surface area contributed by atoms with Crippen molar-refractivity contribution >= 4 is 15.9 Å². The van der Waals surface area contributed by atoms with Gasteiger partial charge in [-0.15, -0.1) is 0 Å². The van der Waals surface area contributed by atoms with Gasteiger partial charge in [0.2, 0.25) is 15.9 Å². The Balaban J connectivity index is 2.27. The minimum Gasteiger partial charge on any atom is -0.369 e. The largest absolute Gasteiger partial charge is 0.369 e. The number of hydrogen-bond acceptors (Lipinski definition) is 3. The fourth-order valence-electron chi connectivity index (χ4n) is 2.24. The van der Waals surface area contributed by atoms with Gasteiger partial charge in [-0.25, -0.2) is 17.2 Å². The standard InChI is InChI=1S/C12H14F2N2O3S/c13-9-2-1-3-10(14)11(9)20(18,19)16-6-4-8(5-7-16)12(15)17/h1-3,8H,4-7H2,(H2,15,17). The summed E-state index contributed by atoms with van der Waals surface area (Å²) in [6.07, 6.45) is 0.509. The van der Waals surface area contributed by atoms with Crippen molar-refractivity contribution < 1.29 is 22.0 Å². The van der Waals surface area contributed by atoms with Crippen LogP contribution >= 0.6 is 0 Å². The van der Waals surface area contributed by atoms with E-state index in [1.165, 1.54) is 0 Å². The van der Waals surface area contributed by atoms with Crippen molar-refractivity contribution in [3.8, 4) is 0 Å². The predicted octanol–water partition coefficient (Wildman–Crippen LogP) is 0.851. The predicted molar refractivity (Wildman–Crippen MR) is 67.0 cm³/mol. The van der Waals surface area contributed by atoms with Crippen molar-refractivity contribution in [2.75, 3.05) is 13.1 Å². The van der Waals surface area contributed by atoms with Crippen LogP contribution in [-0.2, 0) is 14.8 Å². The van der Waals surface area contributed by atoms with Crippen LogP contribution in [0.25, 0.3) is 0 Å². The van der Waals surface area contributed by atoms with Gasteiger partial charge in [0.15, 0.2) is 4.90 Å². The molecule has 1 saturated heterocycles. The van der Waals surface area contributed by atoms with E-state index in [1.807, 2.05) is 0 Å². The van der Waals surface area contributed by atoms with Crippen LogP contribution in [0.2, 0.25) is 0 Å². The van der Waals surface area contributed by atoms with Crippen molar-refractivity contribution in [2.24, 2.45) is 11.7 Å². The van der Waals surface area contributed by atoms with Gasteiger partial charge in [0, 0.05) is 19.0 Å². The van der Waals surface area contributed by atoms with Crippen molar-refractivity contribution in [1.29, 1.82) is 0 Å². The lowest BCUT2D eigenvalue weighted by Gasteiger charge is -2.29. The molecule has 1 aliphatic rings. The van der Waals surface area contributed by atoms with E-state index in [9.17, 15) is 22.0 Å². The number of hydrogen-bond donors (Lipinski definition) is 1. The molecule has 0 saturated carbocycles. The summed E-state index contributed by atoms with van der Waals surface area (Å²) in [6.45, 7) is 0.0351. The smallest absolute Gasteiger partial charge is 0.248 e. The van der Waals surface area contributed by atoms with E-state index in [0.717, 1.165) is 22.5 Å². The highest BCUT2D eigenvalue weighted by atomic mass is 32.2. The second-order valence-corrected chi connectivity index (χ2v) is 6.51. The summed E-state index contributed by atoms with van der Waals surface area (Å²) in [6, 6.07) is 2.89. The first-order valence-corrected chi connectivity index (χ1v) is 7.51. The summed E-state index contributed by atoms with van der Waals surface area (Å²) in [5.41, 5.74) is 5.15. The Morgan fingerprint density at radius 3 is 2.15 bits per heavy atom. The molecule has 0 aliphatic carbocycles. The molecule has 2 N–H and O–H groups in total. The van der Waals surface area contributed by atoms with Gasteiger partial charge in [-0.3, -0.25) is 4.79 Å². The maximum Gasteiger partial charge on any atom is 0.248 e. The van der Waals surface area contributed by atoms with Crippen LogP contribution in [0.15, 0.2) is 23.1 Å². The third-order valence-electron chi connectivity index (χ3n) is 3.37. The number of nitrogens with zero attached hydrogens (tertiary/aromatic N) is 1. The van der Waals surface area contributed by atoms with Crippen LogP contribution in [0.5, 0.6) is 0 Å². The maximum absolute atomic E-state index is 13.6. The molecular formula is C12H14F2N2O3S. The molecule has 0 spiro atoms. The van der Waals surface area contributed by atoms with E-state index < -0.39 is 38.4 Å². The number of nitrogens with two attached hydrogens (primary N) is 1. The van der Waals surface area contributed by atoms with E-state index in [-0.39, 0.29) is 25.9 Å². The second-order valence-electron chi connectivity index (χ2n) is 4.63. The molecule has 0 unspecified atom stereocenters. The van der Waals surface area contributed by atoms with E-state index >= 15 is 0 Å². The molecule has 1 heterocycles. The first-order chi connectivity index (χ1) is 9.34. The molecular weight excluding hydrogens is 290 g/mol. The first kappa shape index (κ1) is 14.9. The van der Waals surface area contributed by atoms with Crippen molar-refractivity contribution in [2.45, 2.75) is 17.7 Å². The summed E-state index contributed by atoms with van der Waals surface area (Å²) >= 11 is 0. The molecule has 1 fully saturated rings. The van der Waals surface area contributed by atoms with Gasteiger partial charge in [0.25, 0.3) is 0 Å². The van der Waals surface area contributed by atoms with Crippen molar-refractivity contribution in [1.82, 2.24) is 4.31 Å². The van der Waals surface area contributed by atoms with Crippen LogP contribution in [0.3, 0.4) is 0 Å². The highest BCUT2D eigenvalue weighted by molar-refractivity contribution is 7.89. The lowest BCUT2D eigenvalue weighted by molar-refractivity contribution is -0.122. The molecule has 0 atom stereocenters. The minimum absolute atomic E-state index is 0.0176. The third-order valence-corrected chi connectivity index (χ3v) is 5.32. The maximum atomic E-state index is 13.6. The molecule has 110 valence electrons. The van der Waals surface area contributed by atoms with Crippen molar-refractivity contribution in [3.63, 3.8) is 0 Å². The SMILES string of the molecule is NC(=O)C1CCN(S(=O)(=O)c2c(F)cccc2F)CC1. The van der Waals surface area contributed by atoms with E-state index in [0.29, 0.717) is 0 Å². The number of rotatable bonds is 3. The van der Waals surface area contributed by atoms with Gasteiger partial charge in [0.1, 0.15) is 11.6 Å². The second kappa shape index (κ2) is 5.45. The fraction of sp³-hybridized carbons (Fsp3) is 0.417. The summed E-state index contributed by atoms with van der Waals surface area (Å²) < 4.78 is 52.6. The van der Waals surface area contributed by atoms with Crippen molar-refractivity contribution in [3.05, 3.63) is 29.8 Å². The Labute approximate surface area is 115 Å². The number of carbonyl (C=O) groups is 1. The average molecular weight is 304 g/mol. The number of carbonyl (C=O) groups excluding carboxylic acids is 1. The van der Waals surface area contributed by atoms with Crippen LogP contribution in [0.4, 0.5) is 8.78 Å². The van der Waals surface area contributed by atoms with Crippen LogP contribution in [0.1, 0.15) is 12.8 Å². The monoisotopic (exact) mass is 304 g/mol. The summed E-state index contributed by atoms with van der Waals surface area (Å²) in [7, 11) is -4.24. The zero-order valence-electron chi connectivity index (χ0n) is 10.6. The number of amides is 1. The molecule has 0 radical (unpaired) electrons. The molecule has 20 heavy (non-hydrogen) atoms. The Morgan fingerprint density at radius 1 is 1.20 bits per heavy atom. The Hall–Kier alpha value is -1.54. The summed E-state index contributed by atoms with van der Waals surface area (Å²) in [5, 5.41) is 0. The van der Waals surface area contributed by atoms with Crippen LogP contribution in [0, 0.1) is 17.6 Å². The van der Waals surface area contributed by atoms with Gasteiger partial charge in [-0.2, -0.15) is 4.31 Å². The highest BCUT2D eigenvalue weighted by Crippen LogP contribution is 2.26. The van der Waals surface area contributed by atoms with E-state index in [2.05, 4.69) is 0 Å². The molecule has 8 heteroatoms. The minimum atomic E-state index is -4.24. The molecule has 1 amide bonds. The van der Waals surface area contributed by atoms with E-state index in [4.69, 9.17) is 5.73 Å². The zero-order valence-corrected chi connectivity index (χ0v) is 11.4. The first-order valence-electron chi connectivity index (χ1n) is 6.07.